The van der Waals surface area contributed by atoms with Crippen molar-refractivity contribution in [2.45, 2.75) is 65.3 Å². The molecule has 3 atom stereocenters. The molecule has 1 fully saturated rings. The first-order chi connectivity index (χ1) is 8.98. The van der Waals surface area contributed by atoms with Crippen LogP contribution in [-0.4, -0.2) is 11.5 Å². The van der Waals surface area contributed by atoms with Crippen LogP contribution >= 0.6 is 11.3 Å². The molecule has 108 valence electrons. The average Bonchev–Trinajstić information content (AvgIpc) is 2.84. The summed E-state index contributed by atoms with van der Waals surface area (Å²) in [5.74, 6) is 2.15. The number of thiazole rings is 1. The summed E-state index contributed by atoms with van der Waals surface area (Å²) in [4.78, 5) is 4.94. The minimum absolute atomic E-state index is 0.137. The zero-order chi connectivity index (χ0) is 14.0. The Hall–Kier alpha value is -0.410. The lowest BCUT2D eigenvalue weighted by Crippen LogP contribution is -2.47. The summed E-state index contributed by atoms with van der Waals surface area (Å²) in [6.07, 6.45) is 3.77. The molecule has 1 saturated carbocycles. The molecule has 19 heavy (non-hydrogen) atoms. The summed E-state index contributed by atoms with van der Waals surface area (Å²) >= 11 is 1.85. The Morgan fingerprint density at radius 3 is 2.68 bits per heavy atom. The van der Waals surface area contributed by atoms with Gasteiger partial charge in [0.05, 0.1) is 11.2 Å². The zero-order valence-electron chi connectivity index (χ0n) is 13.0. The van der Waals surface area contributed by atoms with Crippen LogP contribution in [0.1, 0.15) is 70.5 Å². The molecule has 2 nitrogen and oxygen atoms in total. The van der Waals surface area contributed by atoms with E-state index in [0.717, 1.165) is 18.4 Å². The van der Waals surface area contributed by atoms with Crippen molar-refractivity contribution in [3.63, 3.8) is 0 Å². The van der Waals surface area contributed by atoms with Gasteiger partial charge in [0.25, 0.3) is 0 Å². The predicted molar refractivity (Wildman–Crippen MR) is 83.7 cm³/mol. The molecule has 0 aliphatic heterocycles. The van der Waals surface area contributed by atoms with Gasteiger partial charge in [0.15, 0.2) is 0 Å². The molecule has 1 heterocycles. The molecule has 1 aromatic rings. The fraction of sp³-hybridized carbons (Fsp3) is 0.812. The molecule has 0 saturated heterocycles. The van der Waals surface area contributed by atoms with E-state index in [-0.39, 0.29) is 5.54 Å². The molecule has 1 aliphatic carbocycles. The van der Waals surface area contributed by atoms with Crippen LogP contribution in [0.5, 0.6) is 0 Å². The van der Waals surface area contributed by atoms with Gasteiger partial charge in [-0.2, -0.15) is 0 Å². The van der Waals surface area contributed by atoms with E-state index in [1.165, 1.54) is 30.0 Å². The molecule has 1 aliphatic rings. The second kappa shape index (κ2) is 5.92. The Bertz CT molecular complexity index is 413. The van der Waals surface area contributed by atoms with Crippen LogP contribution in [0.4, 0.5) is 0 Å². The van der Waals surface area contributed by atoms with Gasteiger partial charge in [0.1, 0.15) is 5.01 Å². The molecule has 3 heteroatoms. The first kappa shape index (κ1) is 15.0. The van der Waals surface area contributed by atoms with Crippen molar-refractivity contribution in [3.8, 4) is 0 Å². The fourth-order valence-corrected chi connectivity index (χ4v) is 4.35. The number of hydrogen-bond acceptors (Lipinski definition) is 3. The van der Waals surface area contributed by atoms with Gasteiger partial charge in [-0.05, 0) is 43.6 Å². The standard InChI is InChI=1S/C16H28N2S/c1-6-17-16(8-7-12(4)13(5)9-16)15-18-14(10-19-15)11(2)3/h10-13,17H,6-9H2,1-5H3. The SMILES string of the molecule is CCNC1(c2nc(C(C)C)cs2)CCC(C)C(C)C1. The van der Waals surface area contributed by atoms with Crippen molar-refractivity contribution in [2.24, 2.45) is 11.8 Å². The van der Waals surface area contributed by atoms with E-state index in [9.17, 15) is 0 Å². The number of hydrogen-bond donors (Lipinski definition) is 1. The van der Waals surface area contributed by atoms with Gasteiger partial charge >= 0.3 is 0 Å². The number of aromatic nitrogens is 1. The Balaban J connectivity index is 2.28. The van der Waals surface area contributed by atoms with Crippen molar-refractivity contribution in [3.05, 3.63) is 16.1 Å². The molecule has 1 aromatic heterocycles. The van der Waals surface area contributed by atoms with E-state index in [1.54, 1.807) is 0 Å². The monoisotopic (exact) mass is 280 g/mol. The molecule has 0 amide bonds. The second-order valence-electron chi connectivity index (χ2n) is 6.54. The van der Waals surface area contributed by atoms with Gasteiger partial charge in [0.2, 0.25) is 0 Å². The van der Waals surface area contributed by atoms with E-state index in [4.69, 9.17) is 4.98 Å². The predicted octanol–water partition coefficient (Wildman–Crippen LogP) is 4.53. The van der Waals surface area contributed by atoms with Gasteiger partial charge in [-0.15, -0.1) is 11.3 Å². The molecule has 1 N–H and O–H groups in total. The van der Waals surface area contributed by atoms with Crippen LogP contribution in [0, 0.1) is 11.8 Å². The third kappa shape index (κ3) is 3.03. The van der Waals surface area contributed by atoms with Crippen molar-refractivity contribution < 1.29 is 0 Å². The molecule has 2 rings (SSSR count). The summed E-state index contributed by atoms with van der Waals surface area (Å²) in [7, 11) is 0. The topological polar surface area (TPSA) is 24.9 Å². The summed E-state index contributed by atoms with van der Waals surface area (Å²) in [5.41, 5.74) is 1.39. The van der Waals surface area contributed by atoms with E-state index in [0.29, 0.717) is 5.92 Å². The maximum Gasteiger partial charge on any atom is 0.113 e. The van der Waals surface area contributed by atoms with Crippen molar-refractivity contribution >= 4 is 11.3 Å². The summed E-state index contributed by atoms with van der Waals surface area (Å²) in [6.45, 7) is 12.5. The van der Waals surface area contributed by atoms with E-state index in [2.05, 4.69) is 45.3 Å². The van der Waals surface area contributed by atoms with Crippen LogP contribution in [0.25, 0.3) is 0 Å². The van der Waals surface area contributed by atoms with Crippen LogP contribution in [0.15, 0.2) is 5.38 Å². The third-order valence-electron chi connectivity index (χ3n) is 4.71. The maximum atomic E-state index is 4.94. The van der Waals surface area contributed by atoms with Crippen molar-refractivity contribution in [1.29, 1.82) is 0 Å². The largest absolute Gasteiger partial charge is 0.306 e. The molecular formula is C16H28N2S. The first-order valence-electron chi connectivity index (χ1n) is 7.69. The smallest absolute Gasteiger partial charge is 0.113 e. The minimum atomic E-state index is 0.137. The molecule has 3 unspecified atom stereocenters. The number of nitrogens with one attached hydrogen (secondary N) is 1. The van der Waals surface area contributed by atoms with Gasteiger partial charge in [0, 0.05) is 5.38 Å². The van der Waals surface area contributed by atoms with Gasteiger partial charge < -0.3 is 5.32 Å². The highest BCUT2D eigenvalue weighted by Crippen LogP contribution is 2.43. The summed E-state index contributed by atoms with van der Waals surface area (Å²) in [6, 6.07) is 0. The third-order valence-corrected chi connectivity index (χ3v) is 5.77. The van der Waals surface area contributed by atoms with Crippen LogP contribution in [0.2, 0.25) is 0 Å². The molecular weight excluding hydrogens is 252 g/mol. The first-order valence-corrected chi connectivity index (χ1v) is 8.57. The fourth-order valence-electron chi connectivity index (χ4n) is 3.15. The summed E-state index contributed by atoms with van der Waals surface area (Å²) in [5, 5.41) is 7.33. The number of nitrogens with zero attached hydrogens (tertiary/aromatic N) is 1. The van der Waals surface area contributed by atoms with Gasteiger partial charge in [-0.3, -0.25) is 0 Å². The second-order valence-corrected chi connectivity index (χ2v) is 7.40. The normalized spacial score (nSPS) is 31.9. The van der Waals surface area contributed by atoms with Gasteiger partial charge in [-0.1, -0.05) is 34.6 Å². The molecule has 0 bridgehead atoms. The lowest BCUT2D eigenvalue weighted by Gasteiger charge is -2.42. The Labute approximate surface area is 122 Å². The van der Waals surface area contributed by atoms with E-state index in [1.807, 2.05) is 11.3 Å². The highest BCUT2D eigenvalue weighted by atomic mass is 32.1. The lowest BCUT2D eigenvalue weighted by atomic mass is 9.71. The maximum absolute atomic E-state index is 4.94. The van der Waals surface area contributed by atoms with E-state index < -0.39 is 0 Å². The van der Waals surface area contributed by atoms with E-state index >= 15 is 0 Å². The Morgan fingerprint density at radius 1 is 1.42 bits per heavy atom. The molecule has 0 spiro atoms. The highest BCUT2D eigenvalue weighted by molar-refractivity contribution is 7.09. The lowest BCUT2D eigenvalue weighted by molar-refractivity contribution is 0.142. The van der Waals surface area contributed by atoms with Crippen LogP contribution in [-0.2, 0) is 5.54 Å². The van der Waals surface area contributed by atoms with Crippen LogP contribution in [0.3, 0.4) is 0 Å². The zero-order valence-corrected chi connectivity index (χ0v) is 13.8. The Kier molecular flexibility index (Phi) is 4.67. The average molecular weight is 280 g/mol. The summed E-state index contributed by atoms with van der Waals surface area (Å²) < 4.78 is 0. The van der Waals surface area contributed by atoms with Crippen LogP contribution < -0.4 is 5.32 Å². The quantitative estimate of drug-likeness (QED) is 0.876. The number of rotatable bonds is 4. The Morgan fingerprint density at radius 2 is 2.16 bits per heavy atom. The van der Waals surface area contributed by atoms with Gasteiger partial charge in [-0.25, -0.2) is 4.98 Å². The molecule has 0 radical (unpaired) electrons. The molecule has 0 aromatic carbocycles. The van der Waals surface area contributed by atoms with Crippen molar-refractivity contribution in [1.82, 2.24) is 10.3 Å². The van der Waals surface area contributed by atoms with Crippen molar-refractivity contribution in [2.75, 3.05) is 6.54 Å². The highest BCUT2D eigenvalue weighted by Gasteiger charge is 2.40. The minimum Gasteiger partial charge on any atom is -0.306 e.